The minimum absolute atomic E-state index is 0.0315. The number of thioether (sulfide) groups is 1. The van der Waals surface area contributed by atoms with Crippen molar-refractivity contribution in [2.45, 2.75) is 73.0 Å². The van der Waals surface area contributed by atoms with E-state index >= 15 is 0 Å². The topological polar surface area (TPSA) is 98.2 Å². The van der Waals surface area contributed by atoms with E-state index in [4.69, 9.17) is 0 Å². The summed E-state index contributed by atoms with van der Waals surface area (Å²) in [6.45, 7) is 9.63. The van der Waals surface area contributed by atoms with E-state index in [0.29, 0.717) is 13.0 Å². The van der Waals surface area contributed by atoms with Gasteiger partial charge in [-0.05, 0) is 26.7 Å². The minimum atomic E-state index is -0.996. The van der Waals surface area contributed by atoms with Crippen LogP contribution in [0.15, 0.2) is 12.7 Å². The quantitative estimate of drug-likeness (QED) is 0.370. The largest absolute Gasteiger partial charge is 0.481 e. The molecule has 3 aliphatic rings. The van der Waals surface area contributed by atoms with Gasteiger partial charge in [0.1, 0.15) is 6.04 Å². The molecule has 2 N–H and O–H groups in total. The van der Waals surface area contributed by atoms with Crippen LogP contribution < -0.4 is 0 Å². The zero-order chi connectivity index (χ0) is 22.4. The van der Waals surface area contributed by atoms with E-state index in [0.717, 1.165) is 12.8 Å². The maximum Gasteiger partial charge on any atom is 0.308 e. The second-order valence-electron chi connectivity index (χ2n) is 8.70. The van der Waals surface area contributed by atoms with Crippen LogP contribution in [0.3, 0.4) is 0 Å². The summed E-state index contributed by atoms with van der Waals surface area (Å²) in [6, 6.07) is -1.40. The summed E-state index contributed by atoms with van der Waals surface area (Å²) < 4.78 is -0.801. The smallest absolute Gasteiger partial charge is 0.308 e. The molecule has 0 radical (unpaired) electrons. The molecule has 0 aliphatic carbocycles. The van der Waals surface area contributed by atoms with Crippen LogP contribution in [-0.2, 0) is 14.4 Å². The second-order valence-corrected chi connectivity index (χ2v) is 11.4. The summed E-state index contributed by atoms with van der Waals surface area (Å²) in [4.78, 5) is 42.8. The van der Waals surface area contributed by atoms with Crippen molar-refractivity contribution in [3.8, 4) is 0 Å². The Labute approximate surface area is 190 Å². The molecule has 1 spiro atoms. The van der Waals surface area contributed by atoms with Crippen molar-refractivity contribution in [3.63, 3.8) is 0 Å². The van der Waals surface area contributed by atoms with Crippen LogP contribution in [0, 0.1) is 11.8 Å². The van der Waals surface area contributed by atoms with Crippen LogP contribution in [-0.4, -0.2) is 83.9 Å². The molecule has 2 amide bonds. The SMILES string of the molecule is C=CCN(C(=O)C1N([C@H](C)CO)C(=O)[C@@H]2[C@H](C(=O)O)[C@H]3SC12CC3Br)C(C)CCC. The lowest BCUT2D eigenvalue weighted by molar-refractivity contribution is -0.149. The fourth-order valence-electron chi connectivity index (χ4n) is 5.55. The van der Waals surface area contributed by atoms with Crippen LogP contribution in [0.4, 0.5) is 0 Å². The van der Waals surface area contributed by atoms with Gasteiger partial charge in [-0.2, -0.15) is 0 Å². The van der Waals surface area contributed by atoms with Gasteiger partial charge in [0, 0.05) is 22.7 Å². The maximum absolute atomic E-state index is 14.0. The molecule has 3 fully saturated rings. The molecule has 3 saturated heterocycles. The van der Waals surface area contributed by atoms with Gasteiger partial charge < -0.3 is 20.0 Å². The monoisotopic (exact) mass is 502 g/mol. The third-order valence-corrected chi connectivity index (χ3v) is 10.1. The number of rotatable bonds is 9. The first-order valence-corrected chi connectivity index (χ1v) is 12.3. The van der Waals surface area contributed by atoms with Gasteiger partial charge in [-0.1, -0.05) is 35.4 Å². The highest BCUT2D eigenvalue weighted by Crippen LogP contribution is 2.68. The molecule has 0 aromatic heterocycles. The predicted octanol–water partition coefficient (Wildman–Crippen LogP) is 2.12. The Bertz CT molecular complexity index is 736. The zero-order valence-corrected chi connectivity index (χ0v) is 20.1. The van der Waals surface area contributed by atoms with Gasteiger partial charge in [-0.15, -0.1) is 18.3 Å². The number of aliphatic hydroxyl groups is 1. The fraction of sp³-hybridized carbons (Fsp3) is 0.762. The highest BCUT2D eigenvalue weighted by molar-refractivity contribution is 9.09. The van der Waals surface area contributed by atoms with E-state index in [9.17, 15) is 24.6 Å². The number of hydrogen-bond donors (Lipinski definition) is 2. The molecule has 0 saturated carbocycles. The van der Waals surface area contributed by atoms with Crippen molar-refractivity contribution < 1.29 is 24.6 Å². The molecular weight excluding hydrogens is 472 g/mol. The normalized spacial score (nSPS) is 36.5. The molecule has 3 heterocycles. The van der Waals surface area contributed by atoms with E-state index in [1.54, 1.807) is 17.9 Å². The number of alkyl halides is 1. The average molecular weight is 503 g/mol. The first kappa shape index (κ1) is 23.6. The first-order valence-electron chi connectivity index (χ1n) is 10.5. The number of halogens is 1. The maximum atomic E-state index is 14.0. The van der Waals surface area contributed by atoms with Gasteiger partial charge in [0.25, 0.3) is 0 Å². The number of hydrogen-bond acceptors (Lipinski definition) is 5. The van der Waals surface area contributed by atoms with Crippen molar-refractivity contribution in [2.75, 3.05) is 13.2 Å². The van der Waals surface area contributed by atoms with E-state index < -0.39 is 34.6 Å². The molecule has 3 aliphatic heterocycles. The molecule has 168 valence electrons. The lowest BCUT2D eigenvalue weighted by atomic mass is 9.71. The summed E-state index contributed by atoms with van der Waals surface area (Å²) in [5.41, 5.74) is 0. The number of carboxylic acid groups (broad SMARTS) is 1. The molecule has 2 bridgehead atoms. The number of aliphatic hydroxyl groups excluding tert-OH is 1. The number of likely N-dealkylation sites (tertiary alicyclic amines) is 1. The Morgan fingerprint density at radius 2 is 2.13 bits per heavy atom. The molecule has 7 nitrogen and oxygen atoms in total. The van der Waals surface area contributed by atoms with Crippen molar-refractivity contribution >= 4 is 45.5 Å². The molecule has 3 rings (SSSR count). The van der Waals surface area contributed by atoms with Gasteiger partial charge in [-0.3, -0.25) is 14.4 Å². The van der Waals surface area contributed by atoms with Gasteiger partial charge in [0.2, 0.25) is 11.8 Å². The van der Waals surface area contributed by atoms with Gasteiger partial charge in [0.05, 0.1) is 29.2 Å². The number of carboxylic acids is 1. The summed E-state index contributed by atoms with van der Waals surface area (Å²) in [5.74, 6) is -3.09. The van der Waals surface area contributed by atoms with Crippen LogP contribution in [0.5, 0.6) is 0 Å². The zero-order valence-electron chi connectivity index (χ0n) is 17.7. The van der Waals surface area contributed by atoms with E-state index in [1.807, 2.05) is 6.92 Å². The fourth-order valence-corrected chi connectivity index (χ4v) is 9.13. The molecule has 8 atom stereocenters. The molecule has 4 unspecified atom stereocenters. The number of carbonyl (C=O) groups is 3. The van der Waals surface area contributed by atoms with E-state index in [1.165, 1.54) is 16.7 Å². The summed E-state index contributed by atoms with van der Waals surface area (Å²) >= 11 is 5.10. The summed E-state index contributed by atoms with van der Waals surface area (Å²) in [5, 5.41) is 19.5. The van der Waals surface area contributed by atoms with Gasteiger partial charge >= 0.3 is 5.97 Å². The van der Waals surface area contributed by atoms with Crippen LogP contribution in [0.2, 0.25) is 0 Å². The van der Waals surface area contributed by atoms with Crippen LogP contribution in [0.25, 0.3) is 0 Å². The number of nitrogens with zero attached hydrogens (tertiary/aromatic N) is 2. The minimum Gasteiger partial charge on any atom is -0.481 e. The Balaban J connectivity index is 2.09. The van der Waals surface area contributed by atoms with Gasteiger partial charge in [-0.25, -0.2) is 0 Å². The summed E-state index contributed by atoms with van der Waals surface area (Å²) in [6.07, 6.45) is 3.97. The standard InChI is InChI=1S/C21H31BrN2O5S/c1-5-7-11(3)23(8-6-2)19(27)17-21-9-13(22)16(30-21)14(20(28)29)15(21)18(26)24(17)12(4)10-25/h6,11-17,25H,2,5,7-10H2,1,3-4H3,(H,28,29)/t11?,12-,13?,14+,15+,16+,17?,21?/m1/s1. The predicted molar refractivity (Wildman–Crippen MR) is 120 cm³/mol. The Morgan fingerprint density at radius 1 is 1.47 bits per heavy atom. The number of carbonyl (C=O) groups excluding carboxylic acids is 2. The van der Waals surface area contributed by atoms with Crippen molar-refractivity contribution in [1.29, 1.82) is 0 Å². The highest BCUT2D eigenvalue weighted by atomic mass is 79.9. The molecule has 0 aromatic carbocycles. The van der Waals surface area contributed by atoms with Crippen molar-refractivity contribution in [1.82, 2.24) is 9.80 Å². The number of fused-ring (bicyclic) bond motifs is 1. The molecular formula is C21H31BrN2O5S. The molecule has 9 heteroatoms. The average Bonchev–Trinajstić information content (AvgIpc) is 3.28. The van der Waals surface area contributed by atoms with Crippen LogP contribution in [0.1, 0.15) is 40.0 Å². The number of aliphatic carboxylic acids is 1. The molecule has 30 heavy (non-hydrogen) atoms. The third-order valence-electron chi connectivity index (χ3n) is 6.83. The van der Waals surface area contributed by atoms with Crippen LogP contribution >= 0.6 is 27.7 Å². The lowest BCUT2D eigenvalue weighted by Crippen LogP contribution is -2.58. The summed E-state index contributed by atoms with van der Waals surface area (Å²) in [7, 11) is 0. The van der Waals surface area contributed by atoms with E-state index in [-0.39, 0.29) is 34.5 Å². The third kappa shape index (κ3) is 3.41. The van der Waals surface area contributed by atoms with E-state index in [2.05, 4.69) is 29.4 Å². The first-order chi connectivity index (χ1) is 14.2. The Hall–Kier alpha value is -1.06. The molecule has 0 aromatic rings. The number of amides is 2. The van der Waals surface area contributed by atoms with Crippen molar-refractivity contribution in [3.05, 3.63) is 12.7 Å². The lowest BCUT2D eigenvalue weighted by Gasteiger charge is -2.40. The Kier molecular flexibility index (Phi) is 6.94. The second kappa shape index (κ2) is 8.82. The van der Waals surface area contributed by atoms with Crippen molar-refractivity contribution in [2.24, 2.45) is 11.8 Å². The Morgan fingerprint density at radius 3 is 2.67 bits per heavy atom. The van der Waals surface area contributed by atoms with Gasteiger partial charge in [0.15, 0.2) is 0 Å². The highest BCUT2D eigenvalue weighted by Gasteiger charge is 2.76.